The van der Waals surface area contributed by atoms with Crippen molar-refractivity contribution in [2.45, 2.75) is 34.1 Å². The van der Waals surface area contributed by atoms with Crippen molar-refractivity contribution in [2.24, 2.45) is 5.92 Å². The van der Waals surface area contributed by atoms with Crippen molar-refractivity contribution in [3.63, 3.8) is 0 Å². The highest BCUT2D eigenvalue weighted by atomic mass is 32.1. The van der Waals surface area contributed by atoms with Crippen LogP contribution in [0.15, 0.2) is 48.5 Å². The quantitative estimate of drug-likeness (QED) is 0.465. The number of nitrogens with zero attached hydrogens (tertiary/aromatic N) is 1. The average molecular weight is 437 g/mol. The molecule has 2 aromatic carbocycles. The first-order chi connectivity index (χ1) is 14.8. The van der Waals surface area contributed by atoms with E-state index < -0.39 is 0 Å². The summed E-state index contributed by atoms with van der Waals surface area (Å²) in [6.45, 7) is 8.78. The summed E-state index contributed by atoms with van der Waals surface area (Å²) in [5.41, 5.74) is 5.79. The maximum absolute atomic E-state index is 12.5. The molecule has 3 N–H and O–H groups in total. The summed E-state index contributed by atoms with van der Waals surface area (Å²) < 4.78 is 5.69. The Morgan fingerprint density at radius 2 is 1.90 bits per heavy atom. The Bertz CT molecular complexity index is 1040. The number of thiocarbonyl (C=S) groups is 1. The molecular formula is C24H28N4O2S. The molecule has 0 aliphatic heterocycles. The van der Waals surface area contributed by atoms with Crippen molar-refractivity contribution in [1.82, 2.24) is 15.5 Å². The molecule has 6 nitrogen and oxygen atoms in total. The fraction of sp³-hybridized carbons (Fsp3) is 0.292. The zero-order valence-corrected chi connectivity index (χ0v) is 19.1. The minimum atomic E-state index is -0.282. The Morgan fingerprint density at radius 1 is 1.16 bits per heavy atom. The summed E-state index contributed by atoms with van der Waals surface area (Å²) in [5, 5.41) is 13.3. The van der Waals surface area contributed by atoms with E-state index in [4.69, 9.17) is 17.0 Å². The third kappa shape index (κ3) is 6.39. The number of ether oxygens (including phenoxy) is 1. The number of carbonyl (C=O) groups is 1. The van der Waals surface area contributed by atoms with Crippen LogP contribution in [0.3, 0.4) is 0 Å². The van der Waals surface area contributed by atoms with Gasteiger partial charge in [-0.25, -0.2) is 0 Å². The summed E-state index contributed by atoms with van der Waals surface area (Å²) >= 11 is 5.30. The zero-order valence-electron chi connectivity index (χ0n) is 18.3. The molecule has 1 aromatic heterocycles. The number of aryl methyl sites for hydroxylation is 2. The monoisotopic (exact) mass is 436 g/mol. The van der Waals surface area contributed by atoms with Crippen molar-refractivity contribution >= 4 is 28.9 Å². The molecule has 0 unspecified atom stereocenters. The van der Waals surface area contributed by atoms with Crippen molar-refractivity contribution in [3.05, 3.63) is 76.6 Å². The van der Waals surface area contributed by atoms with Gasteiger partial charge in [0.25, 0.3) is 5.91 Å². The Hall–Kier alpha value is -3.19. The van der Waals surface area contributed by atoms with Crippen molar-refractivity contribution in [2.75, 3.05) is 11.9 Å². The number of rotatable bonds is 7. The summed E-state index contributed by atoms with van der Waals surface area (Å²) in [7, 11) is 0. The SMILES string of the molecule is Cc1n[nH]c(C)c1Cc1ccc(NC(=S)NC(=O)c2cccc(OCC(C)C)c2)cc1. The second-order valence-corrected chi connectivity index (χ2v) is 8.34. The first kappa shape index (κ1) is 22.5. The first-order valence-electron chi connectivity index (χ1n) is 10.3. The lowest BCUT2D eigenvalue weighted by Gasteiger charge is -2.12. The number of anilines is 1. The van der Waals surface area contributed by atoms with Gasteiger partial charge in [0.05, 0.1) is 12.3 Å². The van der Waals surface area contributed by atoms with Gasteiger partial charge in [-0.05, 0) is 67.9 Å². The normalized spacial score (nSPS) is 10.7. The van der Waals surface area contributed by atoms with Crippen LogP contribution in [0.1, 0.15) is 46.7 Å². The van der Waals surface area contributed by atoms with E-state index in [2.05, 4.69) is 34.7 Å². The highest BCUT2D eigenvalue weighted by Crippen LogP contribution is 2.18. The molecule has 3 aromatic rings. The standard InChI is InChI=1S/C24H28N4O2S/c1-15(2)14-30-21-7-5-6-19(13-21)23(29)26-24(31)25-20-10-8-18(9-11-20)12-22-16(3)27-28-17(22)4/h5-11,13,15H,12,14H2,1-4H3,(H,27,28)(H2,25,26,29,31). The molecule has 0 saturated heterocycles. The van der Waals surface area contributed by atoms with Crippen molar-refractivity contribution in [3.8, 4) is 5.75 Å². The average Bonchev–Trinajstić information content (AvgIpc) is 3.05. The maximum atomic E-state index is 12.5. The summed E-state index contributed by atoms with van der Waals surface area (Å²) in [6.07, 6.45) is 0.810. The Morgan fingerprint density at radius 3 is 2.55 bits per heavy atom. The number of hydrogen-bond donors (Lipinski definition) is 3. The predicted octanol–water partition coefficient (Wildman–Crippen LogP) is 4.78. The van der Waals surface area contributed by atoms with E-state index in [-0.39, 0.29) is 11.0 Å². The lowest BCUT2D eigenvalue weighted by molar-refractivity contribution is 0.0977. The van der Waals surface area contributed by atoms with Crippen LogP contribution in [-0.4, -0.2) is 27.8 Å². The second kappa shape index (κ2) is 10.2. The predicted molar refractivity (Wildman–Crippen MR) is 128 cm³/mol. The van der Waals surface area contributed by atoms with Crippen LogP contribution in [-0.2, 0) is 6.42 Å². The van der Waals surface area contributed by atoms with Gasteiger partial charge < -0.3 is 10.1 Å². The highest BCUT2D eigenvalue weighted by Gasteiger charge is 2.10. The van der Waals surface area contributed by atoms with Crippen molar-refractivity contribution in [1.29, 1.82) is 0 Å². The van der Waals surface area contributed by atoms with E-state index in [1.165, 1.54) is 11.1 Å². The van der Waals surface area contributed by atoms with E-state index in [1.54, 1.807) is 18.2 Å². The van der Waals surface area contributed by atoms with Gasteiger partial charge in [-0.3, -0.25) is 15.2 Å². The summed E-state index contributed by atoms with van der Waals surface area (Å²) in [6, 6.07) is 15.0. The van der Waals surface area contributed by atoms with Crippen LogP contribution >= 0.6 is 12.2 Å². The topological polar surface area (TPSA) is 79.0 Å². The minimum absolute atomic E-state index is 0.243. The molecule has 0 fully saturated rings. The fourth-order valence-electron chi connectivity index (χ4n) is 3.07. The van der Waals surface area contributed by atoms with Crippen LogP contribution < -0.4 is 15.4 Å². The lowest BCUT2D eigenvalue weighted by atomic mass is 10.0. The Labute approximate surface area is 188 Å². The summed E-state index contributed by atoms with van der Waals surface area (Å²) in [4.78, 5) is 12.5. The first-order valence-corrected chi connectivity index (χ1v) is 10.7. The van der Waals surface area contributed by atoms with Crippen molar-refractivity contribution < 1.29 is 9.53 Å². The van der Waals surface area contributed by atoms with Gasteiger partial charge in [0.1, 0.15) is 5.75 Å². The molecule has 31 heavy (non-hydrogen) atoms. The number of hydrogen-bond acceptors (Lipinski definition) is 4. The molecule has 0 bridgehead atoms. The largest absolute Gasteiger partial charge is 0.493 e. The molecule has 1 amide bonds. The molecule has 0 spiro atoms. The molecule has 0 radical (unpaired) electrons. The van der Waals surface area contributed by atoms with Crippen LogP contribution in [0.5, 0.6) is 5.75 Å². The van der Waals surface area contributed by atoms with Gasteiger partial charge in [0.2, 0.25) is 0 Å². The molecule has 3 rings (SSSR count). The van der Waals surface area contributed by atoms with Crippen LogP contribution in [0.4, 0.5) is 5.69 Å². The minimum Gasteiger partial charge on any atom is -0.493 e. The number of amides is 1. The van der Waals surface area contributed by atoms with Crippen LogP contribution in [0.25, 0.3) is 0 Å². The van der Waals surface area contributed by atoms with Gasteiger partial charge in [0.15, 0.2) is 5.11 Å². The van der Waals surface area contributed by atoms with Crippen LogP contribution in [0.2, 0.25) is 0 Å². The zero-order chi connectivity index (χ0) is 22.4. The molecule has 0 aliphatic rings. The van der Waals surface area contributed by atoms with Gasteiger partial charge in [0, 0.05) is 28.9 Å². The lowest BCUT2D eigenvalue weighted by Crippen LogP contribution is -2.34. The molecule has 162 valence electrons. The molecule has 0 aliphatic carbocycles. The van der Waals surface area contributed by atoms with E-state index in [1.807, 2.05) is 44.2 Å². The molecule has 0 atom stereocenters. The fourth-order valence-corrected chi connectivity index (χ4v) is 3.28. The van der Waals surface area contributed by atoms with Gasteiger partial charge in [-0.15, -0.1) is 0 Å². The molecular weight excluding hydrogens is 408 g/mol. The number of nitrogens with one attached hydrogen (secondary N) is 3. The van der Waals surface area contributed by atoms with E-state index in [0.717, 1.165) is 23.5 Å². The molecule has 7 heteroatoms. The van der Waals surface area contributed by atoms with Gasteiger partial charge in [-0.1, -0.05) is 32.0 Å². The second-order valence-electron chi connectivity index (χ2n) is 7.93. The Kier molecular flexibility index (Phi) is 7.41. The smallest absolute Gasteiger partial charge is 0.257 e. The third-order valence-electron chi connectivity index (χ3n) is 4.78. The number of aromatic nitrogens is 2. The third-order valence-corrected chi connectivity index (χ3v) is 4.98. The number of H-pyrrole nitrogens is 1. The van der Waals surface area contributed by atoms with E-state index >= 15 is 0 Å². The van der Waals surface area contributed by atoms with Gasteiger partial charge in [-0.2, -0.15) is 5.10 Å². The number of benzene rings is 2. The summed E-state index contributed by atoms with van der Waals surface area (Å²) in [5.74, 6) is 0.794. The van der Waals surface area contributed by atoms with Gasteiger partial charge >= 0.3 is 0 Å². The van der Waals surface area contributed by atoms with E-state index in [0.29, 0.717) is 23.8 Å². The number of carbonyl (C=O) groups excluding carboxylic acids is 1. The maximum Gasteiger partial charge on any atom is 0.257 e. The number of aromatic amines is 1. The highest BCUT2D eigenvalue weighted by molar-refractivity contribution is 7.80. The van der Waals surface area contributed by atoms with E-state index in [9.17, 15) is 4.79 Å². The molecule has 0 saturated carbocycles. The van der Waals surface area contributed by atoms with Crippen LogP contribution in [0, 0.1) is 19.8 Å². The Balaban J connectivity index is 1.55. The molecule has 1 heterocycles.